The summed E-state index contributed by atoms with van der Waals surface area (Å²) >= 11 is 0.935. The number of carbonyl (C=O) groups is 3. The third kappa shape index (κ3) is 4.92. The minimum Gasteiger partial charge on any atom is -0.507 e. The van der Waals surface area contributed by atoms with Gasteiger partial charge in [-0.25, -0.2) is 9.78 Å². The van der Waals surface area contributed by atoms with Crippen LogP contribution in [0.3, 0.4) is 0 Å². The molecular weight excluding hydrogens is 524 g/mol. The van der Waals surface area contributed by atoms with Gasteiger partial charge in [-0.3, -0.25) is 14.5 Å². The zero-order valence-corrected chi connectivity index (χ0v) is 23.2. The number of rotatable bonds is 8. The number of aliphatic hydroxyl groups excluding tert-OH is 1. The fraction of sp³-hybridized carbons (Fsp3) is 0.286. The van der Waals surface area contributed by atoms with Gasteiger partial charge in [0.15, 0.2) is 16.6 Å². The number of aromatic nitrogens is 1. The highest BCUT2D eigenvalue weighted by molar-refractivity contribution is 7.17. The molecule has 1 amide bonds. The van der Waals surface area contributed by atoms with E-state index in [4.69, 9.17) is 18.9 Å². The van der Waals surface area contributed by atoms with Crippen LogP contribution in [-0.2, 0) is 14.3 Å². The Balaban J connectivity index is 1.96. The van der Waals surface area contributed by atoms with Crippen molar-refractivity contribution in [3.05, 3.63) is 69.2 Å². The molecule has 0 saturated carbocycles. The number of carbonyl (C=O) groups excluding carboxylic acids is 3. The topological polar surface area (TPSA) is 124 Å². The van der Waals surface area contributed by atoms with Gasteiger partial charge < -0.3 is 24.1 Å². The Morgan fingerprint density at radius 1 is 1.03 bits per heavy atom. The summed E-state index contributed by atoms with van der Waals surface area (Å²) in [6.45, 7) is 5.23. The molecule has 10 nitrogen and oxygen atoms in total. The third-order valence-corrected chi connectivity index (χ3v) is 7.45. The van der Waals surface area contributed by atoms with Crippen LogP contribution in [0.15, 0.2) is 42.0 Å². The van der Waals surface area contributed by atoms with Crippen LogP contribution in [0.4, 0.5) is 5.13 Å². The van der Waals surface area contributed by atoms with Crippen molar-refractivity contribution >= 4 is 39.9 Å². The number of Topliss-reactive ketones (excluding diaryl/α,β-unsaturated/α-hetero) is 1. The zero-order valence-electron chi connectivity index (χ0n) is 22.4. The maximum atomic E-state index is 13.5. The quantitative estimate of drug-likeness (QED) is 0.185. The van der Waals surface area contributed by atoms with Gasteiger partial charge in [-0.2, -0.15) is 0 Å². The number of nitrogens with zero attached hydrogens (tertiary/aromatic N) is 2. The van der Waals surface area contributed by atoms with Crippen molar-refractivity contribution in [2.75, 3.05) is 32.8 Å². The van der Waals surface area contributed by atoms with Gasteiger partial charge in [-0.15, -0.1) is 0 Å². The molecule has 39 heavy (non-hydrogen) atoms. The average molecular weight is 553 g/mol. The number of esters is 1. The van der Waals surface area contributed by atoms with Crippen LogP contribution in [0.5, 0.6) is 17.2 Å². The molecule has 11 heteroatoms. The van der Waals surface area contributed by atoms with E-state index in [0.29, 0.717) is 39.6 Å². The molecule has 1 aliphatic heterocycles. The molecule has 204 valence electrons. The minimum absolute atomic E-state index is 0.114. The summed E-state index contributed by atoms with van der Waals surface area (Å²) in [4.78, 5) is 45.4. The third-order valence-electron chi connectivity index (χ3n) is 6.31. The molecule has 1 N–H and O–H groups in total. The second kappa shape index (κ2) is 11.2. The molecule has 0 aliphatic carbocycles. The summed E-state index contributed by atoms with van der Waals surface area (Å²) in [5.74, 6) is -1.34. The molecule has 0 radical (unpaired) electrons. The Kier molecular flexibility index (Phi) is 7.91. The molecular formula is C28H28N2O8S. The first-order valence-electron chi connectivity index (χ1n) is 12.0. The predicted molar refractivity (Wildman–Crippen MR) is 145 cm³/mol. The summed E-state index contributed by atoms with van der Waals surface area (Å²) in [6, 6.07) is 8.85. The average Bonchev–Trinajstić information content (AvgIpc) is 3.44. The van der Waals surface area contributed by atoms with Crippen LogP contribution in [0, 0.1) is 13.8 Å². The summed E-state index contributed by atoms with van der Waals surface area (Å²) in [5, 5.41) is 11.6. The Morgan fingerprint density at radius 3 is 2.36 bits per heavy atom. The van der Waals surface area contributed by atoms with E-state index in [0.717, 1.165) is 11.3 Å². The van der Waals surface area contributed by atoms with Crippen molar-refractivity contribution in [2.24, 2.45) is 0 Å². The van der Waals surface area contributed by atoms with Crippen molar-refractivity contribution in [3.63, 3.8) is 0 Å². The van der Waals surface area contributed by atoms with Crippen LogP contribution in [0.25, 0.3) is 5.76 Å². The number of ketones is 1. The second-order valence-corrected chi connectivity index (χ2v) is 9.57. The standard InChI is InChI=1S/C28H28N2O8S/c1-7-38-27(34)25-15(3)29-28(39-25)30-22(16-8-11-19(36-5)20(13-16)37-6)21(24(32)26(30)33)23(31)18-10-9-17(35-4)12-14(18)2/h8-13,22,31H,7H2,1-6H3/b23-21+/t22-/m1/s1. The number of thiazole rings is 1. The first-order chi connectivity index (χ1) is 18.7. The number of benzene rings is 2. The predicted octanol–water partition coefficient (Wildman–Crippen LogP) is 4.59. The highest BCUT2D eigenvalue weighted by Crippen LogP contribution is 2.46. The smallest absolute Gasteiger partial charge is 0.350 e. The minimum atomic E-state index is -1.08. The fourth-order valence-corrected chi connectivity index (χ4v) is 5.40. The van der Waals surface area contributed by atoms with E-state index in [1.54, 1.807) is 57.2 Å². The molecule has 1 fully saturated rings. The van der Waals surface area contributed by atoms with Crippen molar-refractivity contribution < 1.29 is 38.4 Å². The van der Waals surface area contributed by atoms with Gasteiger partial charge in [-0.05, 0) is 62.2 Å². The van der Waals surface area contributed by atoms with Crippen LogP contribution >= 0.6 is 11.3 Å². The highest BCUT2D eigenvalue weighted by atomic mass is 32.1. The van der Waals surface area contributed by atoms with Crippen LogP contribution in [-0.4, -0.2) is 55.7 Å². The van der Waals surface area contributed by atoms with E-state index < -0.39 is 23.7 Å². The Labute approximate surface area is 229 Å². The maximum absolute atomic E-state index is 13.5. The number of aliphatic hydroxyl groups is 1. The highest BCUT2D eigenvalue weighted by Gasteiger charge is 2.48. The molecule has 0 spiro atoms. The van der Waals surface area contributed by atoms with Crippen LogP contribution in [0.2, 0.25) is 0 Å². The molecule has 3 aromatic rings. The molecule has 1 aliphatic rings. The normalized spacial score (nSPS) is 16.4. The summed E-state index contributed by atoms with van der Waals surface area (Å²) in [7, 11) is 4.48. The lowest BCUT2D eigenvalue weighted by Crippen LogP contribution is -2.29. The first kappa shape index (κ1) is 27.6. The van der Waals surface area contributed by atoms with Crippen LogP contribution < -0.4 is 19.1 Å². The first-order valence-corrected chi connectivity index (χ1v) is 12.8. The largest absolute Gasteiger partial charge is 0.507 e. The molecule has 2 aromatic carbocycles. The van der Waals surface area contributed by atoms with E-state index >= 15 is 0 Å². The summed E-state index contributed by atoms with van der Waals surface area (Å²) < 4.78 is 21.2. The van der Waals surface area contributed by atoms with E-state index in [1.807, 2.05) is 0 Å². The Bertz CT molecular complexity index is 1490. The molecule has 2 heterocycles. The van der Waals surface area contributed by atoms with Gasteiger partial charge in [0.2, 0.25) is 0 Å². The SMILES string of the molecule is CCOC(=O)c1sc(N2C(=O)C(=O)/C(=C(/O)c3ccc(OC)cc3C)[C@H]2c2ccc(OC)c(OC)c2)nc1C. The van der Waals surface area contributed by atoms with Crippen LogP contribution in [0.1, 0.15) is 45.0 Å². The van der Waals surface area contributed by atoms with E-state index in [2.05, 4.69) is 4.98 Å². The number of methoxy groups -OCH3 is 3. The maximum Gasteiger partial charge on any atom is 0.350 e. The van der Waals surface area contributed by atoms with Gasteiger partial charge in [0, 0.05) is 5.56 Å². The summed E-state index contributed by atoms with van der Waals surface area (Å²) in [6.07, 6.45) is 0. The van der Waals surface area contributed by atoms with Gasteiger partial charge in [0.25, 0.3) is 5.78 Å². The lowest BCUT2D eigenvalue weighted by molar-refractivity contribution is -0.132. The van der Waals surface area contributed by atoms with Gasteiger partial charge in [0.1, 0.15) is 16.4 Å². The van der Waals surface area contributed by atoms with Gasteiger partial charge in [0.05, 0.1) is 45.2 Å². The molecule has 0 bridgehead atoms. The Morgan fingerprint density at radius 2 is 1.74 bits per heavy atom. The fourth-order valence-electron chi connectivity index (χ4n) is 4.41. The van der Waals surface area contributed by atoms with E-state index in [1.165, 1.54) is 26.2 Å². The molecule has 1 aromatic heterocycles. The van der Waals surface area contributed by atoms with Gasteiger partial charge >= 0.3 is 11.9 Å². The number of aryl methyl sites for hydroxylation is 2. The lowest BCUT2D eigenvalue weighted by Gasteiger charge is -2.24. The molecule has 1 atom stereocenters. The molecule has 4 rings (SSSR count). The molecule has 1 saturated heterocycles. The summed E-state index contributed by atoms with van der Waals surface area (Å²) in [5.41, 5.74) is 1.68. The zero-order chi connectivity index (χ0) is 28.4. The number of ether oxygens (including phenoxy) is 4. The van der Waals surface area contributed by atoms with E-state index in [9.17, 15) is 19.5 Å². The van der Waals surface area contributed by atoms with E-state index in [-0.39, 0.29) is 27.9 Å². The molecule has 0 unspecified atom stereocenters. The van der Waals surface area contributed by atoms with Crippen molar-refractivity contribution in [3.8, 4) is 17.2 Å². The number of amides is 1. The van der Waals surface area contributed by atoms with Crippen molar-refractivity contribution in [2.45, 2.75) is 26.8 Å². The van der Waals surface area contributed by atoms with Gasteiger partial charge in [-0.1, -0.05) is 17.4 Å². The Hall–Kier alpha value is -4.38. The monoisotopic (exact) mass is 552 g/mol. The lowest BCUT2D eigenvalue weighted by atomic mass is 9.93. The number of hydrogen-bond acceptors (Lipinski definition) is 10. The number of hydrogen-bond donors (Lipinski definition) is 1. The van der Waals surface area contributed by atoms with Crippen molar-refractivity contribution in [1.82, 2.24) is 4.98 Å². The van der Waals surface area contributed by atoms with Crippen molar-refractivity contribution in [1.29, 1.82) is 0 Å². The number of anilines is 1. The second-order valence-electron chi connectivity index (χ2n) is 8.60.